The van der Waals surface area contributed by atoms with Crippen LogP contribution in [0.5, 0.6) is 0 Å². The zero-order valence-corrected chi connectivity index (χ0v) is 14.5. The van der Waals surface area contributed by atoms with Gasteiger partial charge in [-0.3, -0.25) is 9.69 Å². The van der Waals surface area contributed by atoms with Crippen molar-refractivity contribution in [1.29, 1.82) is 0 Å². The van der Waals surface area contributed by atoms with E-state index in [0.29, 0.717) is 12.4 Å². The Kier molecular flexibility index (Phi) is 4.22. The summed E-state index contributed by atoms with van der Waals surface area (Å²) in [4.78, 5) is 23.4. The number of hydrogen-bond acceptors (Lipinski definition) is 4. The first-order valence-corrected chi connectivity index (χ1v) is 9.05. The van der Waals surface area contributed by atoms with Crippen molar-refractivity contribution in [1.82, 2.24) is 14.9 Å². The Hall–Kier alpha value is -2.68. The van der Waals surface area contributed by atoms with Gasteiger partial charge in [0.1, 0.15) is 0 Å². The van der Waals surface area contributed by atoms with Gasteiger partial charge in [-0.25, -0.2) is 4.98 Å². The third kappa shape index (κ3) is 3.27. The number of aromatic nitrogens is 2. The summed E-state index contributed by atoms with van der Waals surface area (Å²) in [5.41, 5.74) is 3.76. The lowest BCUT2D eigenvalue weighted by atomic mass is 10.1. The van der Waals surface area contributed by atoms with Gasteiger partial charge in [-0.05, 0) is 29.1 Å². The van der Waals surface area contributed by atoms with Crippen LogP contribution in [-0.2, 0) is 19.5 Å². The molecule has 1 aliphatic rings. The van der Waals surface area contributed by atoms with E-state index in [2.05, 4.69) is 20.8 Å². The molecule has 0 fully saturated rings. The van der Waals surface area contributed by atoms with Gasteiger partial charge in [0, 0.05) is 31.6 Å². The van der Waals surface area contributed by atoms with Gasteiger partial charge in [0.25, 0.3) is 5.56 Å². The molecule has 2 aromatic heterocycles. The number of rotatable bonds is 3. The molecule has 0 spiro atoms. The molecular formula is C20H17N3OS. The molecule has 0 saturated carbocycles. The first-order chi connectivity index (χ1) is 12.2. The summed E-state index contributed by atoms with van der Waals surface area (Å²) in [5, 5.41) is 1.99. The van der Waals surface area contributed by atoms with Crippen LogP contribution in [0.1, 0.15) is 22.4 Å². The van der Waals surface area contributed by atoms with Gasteiger partial charge in [-0.2, -0.15) is 0 Å². The topological polar surface area (TPSA) is 49.0 Å². The number of terminal acetylenes is 1. The third-order valence-corrected chi connectivity index (χ3v) is 5.31. The molecule has 5 heteroatoms. The Morgan fingerprint density at radius 2 is 2.12 bits per heavy atom. The Labute approximate surface area is 150 Å². The van der Waals surface area contributed by atoms with E-state index in [0.717, 1.165) is 41.2 Å². The van der Waals surface area contributed by atoms with Crippen LogP contribution >= 0.6 is 11.3 Å². The van der Waals surface area contributed by atoms with Gasteiger partial charge in [0.05, 0.1) is 16.1 Å². The zero-order chi connectivity index (χ0) is 17.2. The van der Waals surface area contributed by atoms with Gasteiger partial charge in [0.2, 0.25) is 0 Å². The lowest BCUT2D eigenvalue weighted by molar-refractivity contribution is 0.242. The van der Waals surface area contributed by atoms with Crippen molar-refractivity contribution >= 4 is 11.3 Å². The second kappa shape index (κ2) is 6.67. The predicted octanol–water partition coefficient (Wildman–Crippen LogP) is 3.04. The lowest BCUT2D eigenvalue weighted by Gasteiger charge is -2.27. The van der Waals surface area contributed by atoms with Gasteiger partial charge in [0.15, 0.2) is 5.82 Å². The molecule has 3 heterocycles. The number of aromatic amines is 1. The number of nitrogens with zero attached hydrogens (tertiary/aromatic N) is 2. The highest BCUT2D eigenvalue weighted by Gasteiger charge is 2.21. The molecule has 1 aliphatic heterocycles. The van der Waals surface area contributed by atoms with Crippen LogP contribution in [0.3, 0.4) is 0 Å². The molecule has 25 heavy (non-hydrogen) atoms. The minimum atomic E-state index is -0.0271. The maximum absolute atomic E-state index is 12.5. The fourth-order valence-corrected chi connectivity index (χ4v) is 3.78. The maximum Gasteiger partial charge on any atom is 0.255 e. The molecule has 1 aromatic carbocycles. The second-order valence-corrected chi connectivity index (χ2v) is 7.07. The molecule has 0 unspecified atom stereocenters. The Morgan fingerprint density at radius 1 is 1.28 bits per heavy atom. The number of thiophene rings is 1. The molecule has 0 saturated heterocycles. The highest BCUT2D eigenvalue weighted by molar-refractivity contribution is 7.13. The highest BCUT2D eigenvalue weighted by atomic mass is 32.1. The summed E-state index contributed by atoms with van der Waals surface area (Å²) >= 11 is 1.58. The average Bonchev–Trinajstić information content (AvgIpc) is 3.17. The molecule has 1 N–H and O–H groups in total. The van der Waals surface area contributed by atoms with Crippen LogP contribution in [0, 0.1) is 12.3 Å². The standard InChI is InChI=1S/C20H17N3OS/c1-2-14-5-7-15(8-6-14)12-23-10-9-17-16(13-23)20(24)22-19(21-17)18-4-3-11-25-18/h1,3-8,11H,9-10,12-13H2,(H,21,22,24). The molecule has 0 atom stereocenters. The van der Waals surface area contributed by atoms with E-state index in [9.17, 15) is 4.79 Å². The summed E-state index contributed by atoms with van der Waals surface area (Å²) in [6.07, 6.45) is 6.19. The molecule has 0 bridgehead atoms. The molecule has 3 aromatic rings. The van der Waals surface area contributed by atoms with E-state index in [-0.39, 0.29) is 5.56 Å². The summed E-state index contributed by atoms with van der Waals surface area (Å²) in [5.74, 6) is 3.31. The molecular weight excluding hydrogens is 330 g/mol. The van der Waals surface area contributed by atoms with Crippen LogP contribution in [0.15, 0.2) is 46.6 Å². The summed E-state index contributed by atoms with van der Waals surface area (Å²) in [6.45, 7) is 2.32. The summed E-state index contributed by atoms with van der Waals surface area (Å²) in [7, 11) is 0. The summed E-state index contributed by atoms with van der Waals surface area (Å²) < 4.78 is 0. The van der Waals surface area contributed by atoms with Crippen LogP contribution in [0.4, 0.5) is 0 Å². The number of fused-ring (bicyclic) bond motifs is 1. The van der Waals surface area contributed by atoms with Gasteiger partial charge in [-0.15, -0.1) is 17.8 Å². The van der Waals surface area contributed by atoms with E-state index in [1.807, 2.05) is 41.8 Å². The van der Waals surface area contributed by atoms with E-state index >= 15 is 0 Å². The molecule has 0 amide bonds. The quantitative estimate of drug-likeness (QED) is 0.741. The number of hydrogen-bond donors (Lipinski definition) is 1. The molecule has 0 radical (unpaired) electrons. The van der Waals surface area contributed by atoms with Crippen molar-refractivity contribution in [2.24, 2.45) is 0 Å². The van der Waals surface area contributed by atoms with Crippen LogP contribution < -0.4 is 5.56 Å². The molecule has 4 nitrogen and oxygen atoms in total. The fraction of sp³-hybridized carbons (Fsp3) is 0.200. The largest absolute Gasteiger partial charge is 0.306 e. The van der Waals surface area contributed by atoms with Crippen molar-refractivity contribution in [3.63, 3.8) is 0 Å². The number of nitrogens with one attached hydrogen (secondary N) is 1. The van der Waals surface area contributed by atoms with E-state index in [1.54, 1.807) is 11.3 Å². The van der Waals surface area contributed by atoms with E-state index < -0.39 is 0 Å². The fourth-order valence-electron chi connectivity index (χ4n) is 3.11. The Bertz CT molecular complexity index is 981. The maximum atomic E-state index is 12.5. The van der Waals surface area contributed by atoms with Crippen molar-refractivity contribution in [3.8, 4) is 23.0 Å². The van der Waals surface area contributed by atoms with Gasteiger partial charge < -0.3 is 4.98 Å². The minimum Gasteiger partial charge on any atom is -0.306 e. The normalized spacial score (nSPS) is 14.0. The molecule has 0 aliphatic carbocycles. The smallest absolute Gasteiger partial charge is 0.255 e. The van der Waals surface area contributed by atoms with Crippen LogP contribution in [0.25, 0.3) is 10.7 Å². The van der Waals surface area contributed by atoms with Crippen molar-refractivity contribution in [2.75, 3.05) is 6.54 Å². The first kappa shape index (κ1) is 15.8. The third-order valence-electron chi connectivity index (χ3n) is 4.43. The van der Waals surface area contributed by atoms with Crippen molar-refractivity contribution < 1.29 is 0 Å². The predicted molar refractivity (Wildman–Crippen MR) is 100 cm³/mol. The summed E-state index contributed by atoms with van der Waals surface area (Å²) in [6, 6.07) is 11.9. The zero-order valence-electron chi connectivity index (χ0n) is 13.7. The Balaban J connectivity index is 1.55. The van der Waals surface area contributed by atoms with Gasteiger partial charge in [-0.1, -0.05) is 24.1 Å². The van der Waals surface area contributed by atoms with E-state index in [1.165, 1.54) is 5.56 Å². The number of H-pyrrole nitrogens is 1. The monoisotopic (exact) mass is 347 g/mol. The minimum absolute atomic E-state index is 0.0271. The average molecular weight is 347 g/mol. The lowest BCUT2D eigenvalue weighted by Crippen LogP contribution is -2.35. The van der Waals surface area contributed by atoms with Crippen LogP contribution in [-0.4, -0.2) is 21.4 Å². The molecule has 124 valence electrons. The Morgan fingerprint density at radius 3 is 2.84 bits per heavy atom. The SMILES string of the molecule is C#Cc1ccc(CN2CCc3nc(-c4cccs4)[nH]c(=O)c3C2)cc1. The molecule has 4 rings (SSSR count). The van der Waals surface area contributed by atoms with Crippen LogP contribution in [0.2, 0.25) is 0 Å². The second-order valence-electron chi connectivity index (χ2n) is 6.12. The van der Waals surface area contributed by atoms with Crippen molar-refractivity contribution in [3.05, 3.63) is 74.5 Å². The first-order valence-electron chi connectivity index (χ1n) is 8.17. The van der Waals surface area contributed by atoms with E-state index in [4.69, 9.17) is 6.42 Å². The number of benzene rings is 1. The highest BCUT2D eigenvalue weighted by Crippen LogP contribution is 2.23. The van der Waals surface area contributed by atoms with Gasteiger partial charge >= 0.3 is 0 Å². The van der Waals surface area contributed by atoms with Crippen molar-refractivity contribution in [2.45, 2.75) is 19.5 Å².